The van der Waals surface area contributed by atoms with Gasteiger partial charge in [-0.15, -0.1) is 5.10 Å². The Balaban J connectivity index is 2.51. The zero-order valence-electron chi connectivity index (χ0n) is 10.3. The molecule has 0 fully saturated rings. The largest absolute Gasteiger partial charge is 0.364 e. The standard InChI is InChI=1S/C9H11N7O3/c1-14(2)5(17)3-16-9(19)15-4-11-6(7(10)18)8(15)12-13-16/h4H,3H2,1-2H3,(H2,10,18). The van der Waals surface area contributed by atoms with Gasteiger partial charge in [0.25, 0.3) is 5.91 Å². The Morgan fingerprint density at radius 2 is 2.11 bits per heavy atom. The van der Waals surface area contributed by atoms with Crippen molar-refractivity contribution in [1.29, 1.82) is 0 Å². The highest BCUT2D eigenvalue weighted by Gasteiger charge is 2.16. The maximum atomic E-state index is 12.0. The third kappa shape index (κ3) is 2.14. The summed E-state index contributed by atoms with van der Waals surface area (Å²) in [5.74, 6) is -1.12. The SMILES string of the molecule is CN(C)C(=O)Cn1nnc2c(C(N)=O)ncn2c1=O. The van der Waals surface area contributed by atoms with Crippen LogP contribution in [0.25, 0.3) is 5.65 Å². The molecule has 19 heavy (non-hydrogen) atoms. The molecule has 0 radical (unpaired) electrons. The second-order valence-corrected chi connectivity index (χ2v) is 3.97. The van der Waals surface area contributed by atoms with Crippen LogP contribution in [0.3, 0.4) is 0 Å². The van der Waals surface area contributed by atoms with Crippen LogP contribution in [-0.4, -0.2) is 55.2 Å². The zero-order valence-corrected chi connectivity index (χ0v) is 10.3. The summed E-state index contributed by atoms with van der Waals surface area (Å²) in [5.41, 5.74) is 4.28. The van der Waals surface area contributed by atoms with Crippen molar-refractivity contribution < 1.29 is 9.59 Å². The molecule has 0 saturated heterocycles. The minimum atomic E-state index is -0.807. The second kappa shape index (κ2) is 4.48. The van der Waals surface area contributed by atoms with Gasteiger partial charge in [-0.2, -0.15) is 4.68 Å². The molecule has 10 nitrogen and oxygen atoms in total. The highest BCUT2D eigenvalue weighted by atomic mass is 16.2. The Labute approximate surface area is 106 Å². The van der Waals surface area contributed by atoms with Gasteiger partial charge >= 0.3 is 5.69 Å². The van der Waals surface area contributed by atoms with Crippen LogP contribution in [0, 0.1) is 0 Å². The molecule has 2 heterocycles. The molecule has 10 heteroatoms. The molecule has 2 rings (SSSR count). The van der Waals surface area contributed by atoms with Crippen molar-refractivity contribution in [2.75, 3.05) is 14.1 Å². The lowest BCUT2D eigenvalue weighted by Crippen LogP contribution is -2.36. The van der Waals surface area contributed by atoms with E-state index in [1.807, 2.05) is 0 Å². The number of imidazole rings is 1. The maximum absolute atomic E-state index is 12.0. The Hall–Kier alpha value is -2.78. The summed E-state index contributed by atoms with van der Waals surface area (Å²) < 4.78 is 1.89. The third-order valence-corrected chi connectivity index (χ3v) is 2.43. The van der Waals surface area contributed by atoms with E-state index in [1.54, 1.807) is 14.1 Å². The van der Waals surface area contributed by atoms with Crippen molar-refractivity contribution in [3.63, 3.8) is 0 Å². The van der Waals surface area contributed by atoms with E-state index in [1.165, 1.54) is 4.90 Å². The molecular formula is C9H11N7O3. The molecule has 0 spiro atoms. The van der Waals surface area contributed by atoms with Crippen LogP contribution in [-0.2, 0) is 11.3 Å². The molecule has 0 aliphatic carbocycles. The van der Waals surface area contributed by atoms with Crippen LogP contribution in [0.5, 0.6) is 0 Å². The fraction of sp³-hybridized carbons (Fsp3) is 0.333. The van der Waals surface area contributed by atoms with Crippen LogP contribution in [0.2, 0.25) is 0 Å². The van der Waals surface area contributed by atoms with Crippen LogP contribution < -0.4 is 11.4 Å². The molecule has 2 aromatic heterocycles. The molecule has 0 aliphatic heterocycles. The maximum Gasteiger partial charge on any atom is 0.353 e. The predicted octanol–water partition coefficient (Wildman–Crippen LogP) is -2.53. The number of primary amides is 1. The number of nitrogens with two attached hydrogens (primary N) is 1. The predicted molar refractivity (Wildman–Crippen MR) is 62.3 cm³/mol. The van der Waals surface area contributed by atoms with E-state index in [2.05, 4.69) is 15.3 Å². The summed E-state index contributed by atoms with van der Waals surface area (Å²) in [6, 6.07) is 0. The number of likely N-dealkylation sites (N-methyl/N-ethyl adjacent to an activating group) is 1. The van der Waals surface area contributed by atoms with Crippen LogP contribution in [0.1, 0.15) is 10.5 Å². The molecule has 0 saturated carbocycles. The normalized spacial score (nSPS) is 10.6. The van der Waals surface area contributed by atoms with E-state index in [9.17, 15) is 14.4 Å². The first kappa shape index (κ1) is 12.7. The molecule has 2 N–H and O–H groups in total. The van der Waals surface area contributed by atoms with E-state index < -0.39 is 11.6 Å². The molecule has 0 atom stereocenters. The Kier molecular flexibility index (Phi) is 2.99. The first-order valence-electron chi connectivity index (χ1n) is 5.22. The van der Waals surface area contributed by atoms with Gasteiger partial charge in [0.2, 0.25) is 5.91 Å². The average Bonchev–Trinajstić information content (AvgIpc) is 2.77. The zero-order chi connectivity index (χ0) is 14.2. The van der Waals surface area contributed by atoms with Crippen LogP contribution in [0.4, 0.5) is 0 Å². The van der Waals surface area contributed by atoms with Gasteiger partial charge in [-0.1, -0.05) is 5.21 Å². The number of hydrogen-bond acceptors (Lipinski definition) is 6. The molecule has 2 amide bonds. The number of rotatable bonds is 3. The number of nitrogens with zero attached hydrogens (tertiary/aromatic N) is 6. The molecule has 0 bridgehead atoms. The van der Waals surface area contributed by atoms with Gasteiger partial charge in [-0.3, -0.25) is 9.59 Å². The minimum Gasteiger partial charge on any atom is -0.364 e. The Morgan fingerprint density at radius 3 is 2.68 bits per heavy atom. The molecule has 0 unspecified atom stereocenters. The van der Waals surface area contributed by atoms with Crippen molar-refractivity contribution in [2.24, 2.45) is 5.73 Å². The summed E-state index contributed by atoms with van der Waals surface area (Å²) >= 11 is 0. The minimum absolute atomic E-state index is 0.0361. The van der Waals surface area contributed by atoms with E-state index in [-0.39, 0.29) is 23.8 Å². The van der Waals surface area contributed by atoms with E-state index in [0.717, 1.165) is 15.4 Å². The molecule has 100 valence electrons. The number of carbonyl (C=O) groups excluding carboxylic acids is 2. The van der Waals surface area contributed by atoms with E-state index in [4.69, 9.17) is 5.73 Å². The van der Waals surface area contributed by atoms with Crippen LogP contribution in [0.15, 0.2) is 11.1 Å². The van der Waals surface area contributed by atoms with Crippen molar-refractivity contribution in [1.82, 2.24) is 29.3 Å². The van der Waals surface area contributed by atoms with Gasteiger partial charge in [0, 0.05) is 14.1 Å². The van der Waals surface area contributed by atoms with Gasteiger partial charge in [0.05, 0.1) is 0 Å². The fourth-order valence-corrected chi connectivity index (χ4v) is 1.38. The molecular weight excluding hydrogens is 254 g/mol. The number of aromatic nitrogens is 5. The monoisotopic (exact) mass is 265 g/mol. The van der Waals surface area contributed by atoms with Crippen LogP contribution >= 0.6 is 0 Å². The van der Waals surface area contributed by atoms with Crippen molar-refractivity contribution in [2.45, 2.75) is 6.54 Å². The fourth-order valence-electron chi connectivity index (χ4n) is 1.38. The van der Waals surface area contributed by atoms with Crippen molar-refractivity contribution >= 4 is 17.5 Å². The Morgan fingerprint density at radius 1 is 1.42 bits per heavy atom. The van der Waals surface area contributed by atoms with E-state index >= 15 is 0 Å². The van der Waals surface area contributed by atoms with Gasteiger partial charge in [-0.25, -0.2) is 14.2 Å². The van der Waals surface area contributed by atoms with E-state index in [0.29, 0.717) is 0 Å². The third-order valence-electron chi connectivity index (χ3n) is 2.43. The summed E-state index contributed by atoms with van der Waals surface area (Å²) in [7, 11) is 3.11. The summed E-state index contributed by atoms with van der Waals surface area (Å²) in [6.07, 6.45) is 1.11. The lowest BCUT2D eigenvalue weighted by molar-refractivity contribution is -0.129. The van der Waals surface area contributed by atoms with Gasteiger partial charge in [0.1, 0.15) is 12.9 Å². The first-order chi connectivity index (χ1) is 8.91. The topological polar surface area (TPSA) is 128 Å². The number of hydrogen-bond donors (Lipinski definition) is 1. The lowest BCUT2D eigenvalue weighted by Gasteiger charge is -2.10. The summed E-state index contributed by atoms with van der Waals surface area (Å²) in [5, 5.41) is 7.26. The quantitative estimate of drug-likeness (QED) is 0.651. The van der Waals surface area contributed by atoms with Gasteiger partial charge in [0.15, 0.2) is 11.3 Å². The molecule has 0 aliphatic rings. The average molecular weight is 265 g/mol. The Bertz CT molecular complexity index is 714. The summed E-state index contributed by atoms with van der Waals surface area (Å²) in [4.78, 5) is 39.6. The lowest BCUT2D eigenvalue weighted by atomic mass is 10.4. The molecule has 2 aromatic rings. The highest BCUT2D eigenvalue weighted by molar-refractivity contribution is 5.96. The van der Waals surface area contributed by atoms with Crippen molar-refractivity contribution in [3.05, 3.63) is 22.5 Å². The number of carbonyl (C=O) groups is 2. The highest BCUT2D eigenvalue weighted by Crippen LogP contribution is 2.00. The molecule has 0 aromatic carbocycles. The van der Waals surface area contributed by atoms with Gasteiger partial charge in [-0.05, 0) is 0 Å². The van der Waals surface area contributed by atoms with Crippen molar-refractivity contribution in [3.8, 4) is 0 Å². The number of fused-ring (bicyclic) bond motifs is 1. The summed E-state index contributed by atoms with van der Waals surface area (Å²) in [6.45, 7) is -0.251. The van der Waals surface area contributed by atoms with Gasteiger partial charge < -0.3 is 10.6 Å². The smallest absolute Gasteiger partial charge is 0.353 e. The first-order valence-corrected chi connectivity index (χ1v) is 5.22. The second-order valence-electron chi connectivity index (χ2n) is 3.97. The number of amides is 2.